The summed E-state index contributed by atoms with van der Waals surface area (Å²) < 4.78 is 1.92. The number of aliphatic hydroxyl groups excluding tert-OH is 1. The molecule has 5 aromatic rings. The summed E-state index contributed by atoms with van der Waals surface area (Å²) in [5.74, 6) is 2.06. The van der Waals surface area contributed by atoms with Crippen LogP contribution in [-0.4, -0.2) is 37.8 Å². The van der Waals surface area contributed by atoms with Gasteiger partial charge >= 0.3 is 0 Å². The topological polar surface area (TPSA) is 75.9 Å². The Labute approximate surface area is 190 Å². The molecule has 3 heterocycles. The second-order valence-electron chi connectivity index (χ2n) is 7.48. The summed E-state index contributed by atoms with van der Waals surface area (Å²) in [6.45, 7) is 0.741. The number of benzene rings is 2. The fourth-order valence-electron chi connectivity index (χ4n) is 3.77. The van der Waals surface area contributed by atoms with Crippen LogP contribution in [0.2, 0.25) is 0 Å². The molecular weight excluding hydrogens is 418 g/mol. The molecule has 0 fully saturated rings. The van der Waals surface area contributed by atoms with Crippen LogP contribution in [-0.2, 0) is 7.05 Å². The summed E-state index contributed by atoms with van der Waals surface area (Å²) in [6.07, 6.45) is 4.28. The van der Waals surface area contributed by atoms with Gasteiger partial charge in [-0.25, -0.2) is 15.0 Å². The van der Waals surface area contributed by atoms with E-state index in [1.54, 1.807) is 17.5 Å². The average molecular weight is 442 g/mol. The third-order valence-electron chi connectivity index (χ3n) is 5.30. The number of thiophene rings is 1. The van der Waals surface area contributed by atoms with Gasteiger partial charge in [-0.05, 0) is 17.5 Å². The molecule has 0 aliphatic carbocycles. The molecular formula is C25H23N5OS. The number of anilines is 1. The van der Waals surface area contributed by atoms with Gasteiger partial charge in [0.1, 0.15) is 10.6 Å². The molecule has 0 bridgehead atoms. The van der Waals surface area contributed by atoms with E-state index < -0.39 is 0 Å². The first kappa shape index (κ1) is 20.4. The fourth-order valence-corrected chi connectivity index (χ4v) is 4.97. The normalized spacial score (nSPS) is 11.2. The first-order valence-electron chi connectivity index (χ1n) is 10.5. The first-order valence-corrected chi connectivity index (χ1v) is 11.4. The van der Waals surface area contributed by atoms with Crippen LogP contribution in [0.3, 0.4) is 0 Å². The Hall–Kier alpha value is -3.55. The molecule has 160 valence electrons. The maximum atomic E-state index is 9.30. The van der Waals surface area contributed by atoms with Crippen molar-refractivity contribution < 1.29 is 5.11 Å². The smallest absolute Gasteiger partial charge is 0.199 e. The highest BCUT2D eigenvalue weighted by molar-refractivity contribution is 7.22. The minimum Gasteiger partial charge on any atom is -0.396 e. The molecule has 0 saturated carbocycles. The van der Waals surface area contributed by atoms with Crippen molar-refractivity contribution in [1.82, 2.24) is 19.5 Å². The Morgan fingerprint density at radius 3 is 2.34 bits per heavy atom. The highest BCUT2D eigenvalue weighted by Crippen LogP contribution is 2.46. The number of rotatable bonds is 7. The zero-order chi connectivity index (χ0) is 21.9. The number of nitrogens with one attached hydrogen (secondary N) is 1. The first-order chi connectivity index (χ1) is 15.8. The second kappa shape index (κ2) is 8.90. The lowest BCUT2D eigenvalue weighted by molar-refractivity contribution is 0.292. The number of hydrogen-bond donors (Lipinski definition) is 2. The molecule has 0 spiro atoms. The van der Waals surface area contributed by atoms with E-state index in [1.165, 1.54) is 0 Å². The molecule has 7 heteroatoms. The number of imidazole rings is 1. The predicted octanol–water partition coefficient (Wildman–Crippen LogP) is 5.22. The number of fused-ring (bicyclic) bond motifs is 1. The molecule has 6 nitrogen and oxygen atoms in total. The monoisotopic (exact) mass is 441 g/mol. The van der Waals surface area contributed by atoms with Crippen LogP contribution in [0.1, 0.15) is 6.42 Å². The summed E-state index contributed by atoms with van der Waals surface area (Å²) in [5, 5.41) is 13.7. The van der Waals surface area contributed by atoms with Crippen LogP contribution in [0.25, 0.3) is 43.4 Å². The Morgan fingerprint density at radius 2 is 1.69 bits per heavy atom. The van der Waals surface area contributed by atoms with Gasteiger partial charge in [-0.15, -0.1) is 11.3 Å². The van der Waals surface area contributed by atoms with E-state index in [-0.39, 0.29) is 6.61 Å². The zero-order valence-electron chi connectivity index (χ0n) is 17.7. The fraction of sp³-hybridized carbons (Fsp3) is 0.160. The molecule has 0 aliphatic rings. The van der Waals surface area contributed by atoms with E-state index >= 15 is 0 Å². The average Bonchev–Trinajstić information content (AvgIpc) is 3.44. The summed E-state index contributed by atoms with van der Waals surface area (Å²) in [7, 11) is 1.94. The van der Waals surface area contributed by atoms with Crippen molar-refractivity contribution >= 4 is 27.4 Å². The maximum Gasteiger partial charge on any atom is 0.199 e. The quantitative estimate of drug-likeness (QED) is 0.339. The van der Waals surface area contributed by atoms with Gasteiger partial charge in [0.05, 0.1) is 5.39 Å². The maximum absolute atomic E-state index is 9.30. The third kappa shape index (κ3) is 3.77. The molecule has 0 atom stereocenters. The van der Waals surface area contributed by atoms with Gasteiger partial charge in [-0.1, -0.05) is 60.7 Å². The van der Waals surface area contributed by atoms with Gasteiger partial charge < -0.3 is 15.0 Å². The van der Waals surface area contributed by atoms with Crippen molar-refractivity contribution in [3.63, 3.8) is 0 Å². The van der Waals surface area contributed by atoms with Crippen molar-refractivity contribution in [3.8, 4) is 33.2 Å². The Kier molecular flexibility index (Phi) is 5.66. The molecule has 0 radical (unpaired) electrons. The second-order valence-corrected chi connectivity index (χ2v) is 8.48. The third-order valence-corrected chi connectivity index (χ3v) is 6.43. The van der Waals surface area contributed by atoms with Crippen LogP contribution in [0.5, 0.6) is 0 Å². The molecule has 0 amide bonds. The van der Waals surface area contributed by atoms with E-state index in [9.17, 15) is 5.11 Å². The van der Waals surface area contributed by atoms with Gasteiger partial charge in [0.25, 0.3) is 0 Å². The molecule has 32 heavy (non-hydrogen) atoms. The van der Waals surface area contributed by atoms with Gasteiger partial charge in [0, 0.05) is 43.0 Å². The zero-order valence-corrected chi connectivity index (χ0v) is 18.5. The van der Waals surface area contributed by atoms with Crippen molar-refractivity contribution in [2.45, 2.75) is 6.42 Å². The van der Waals surface area contributed by atoms with Crippen molar-refractivity contribution in [2.75, 3.05) is 18.5 Å². The van der Waals surface area contributed by atoms with Gasteiger partial charge in [0.15, 0.2) is 11.6 Å². The van der Waals surface area contributed by atoms with Gasteiger partial charge in [-0.2, -0.15) is 0 Å². The molecule has 5 rings (SSSR count). The van der Waals surface area contributed by atoms with Crippen LogP contribution < -0.4 is 5.32 Å². The Balaban J connectivity index is 1.80. The summed E-state index contributed by atoms with van der Waals surface area (Å²) in [5.41, 5.74) is 3.39. The lowest BCUT2D eigenvalue weighted by atomic mass is 9.99. The molecule has 0 unspecified atom stereocenters. The van der Waals surface area contributed by atoms with Crippen LogP contribution in [0.15, 0.2) is 73.1 Å². The lowest BCUT2D eigenvalue weighted by Crippen LogP contribution is -2.07. The number of aromatic nitrogens is 4. The summed E-state index contributed by atoms with van der Waals surface area (Å²) in [6, 6.07) is 20.8. The largest absolute Gasteiger partial charge is 0.396 e. The van der Waals surface area contributed by atoms with Crippen molar-refractivity contribution in [1.29, 1.82) is 0 Å². The van der Waals surface area contributed by atoms with Crippen molar-refractivity contribution in [2.24, 2.45) is 7.05 Å². The van der Waals surface area contributed by atoms with Crippen LogP contribution in [0.4, 0.5) is 5.82 Å². The number of nitrogens with zero attached hydrogens (tertiary/aromatic N) is 4. The van der Waals surface area contributed by atoms with Gasteiger partial charge in [0.2, 0.25) is 0 Å². The molecule has 2 N–H and O–H groups in total. The van der Waals surface area contributed by atoms with E-state index in [0.717, 1.165) is 37.6 Å². The minimum atomic E-state index is 0.123. The van der Waals surface area contributed by atoms with Crippen LogP contribution in [0, 0.1) is 0 Å². The predicted molar refractivity (Wildman–Crippen MR) is 131 cm³/mol. The highest BCUT2D eigenvalue weighted by Gasteiger charge is 2.22. The highest BCUT2D eigenvalue weighted by atomic mass is 32.1. The summed E-state index contributed by atoms with van der Waals surface area (Å²) in [4.78, 5) is 16.3. The van der Waals surface area contributed by atoms with E-state index in [4.69, 9.17) is 9.97 Å². The Bertz CT molecular complexity index is 1350. The number of aryl methyl sites for hydroxylation is 1. The number of aliphatic hydroxyl groups is 1. The van der Waals surface area contributed by atoms with Crippen molar-refractivity contribution in [3.05, 3.63) is 73.1 Å². The molecule has 3 aromatic heterocycles. The number of hydrogen-bond acceptors (Lipinski definition) is 6. The SMILES string of the molecule is Cn1ccnc1-c1nc(NCCCO)c2c(-c3ccccc3)c(-c3ccccc3)sc2n1. The summed E-state index contributed by atoms with van der Waals surface area (Å²) >= 11 is 1.66. The standard InChI is InChI=1S/C25H23N5OS/c1-30-15-14-27-24(30)23-28-22(26-13-8-16-31)20-19(17-9-4-2-5-10-17)21(32-25(20)29-23)18-11-6-3-7-12-18/h2-7,9-12,14-15,31H,8,13,16H2,1H3,(H,26,28,29). The minimum absolute atomic E-state index is 0.123. The Morgan fingerprint density at radius 1 is 0.969 bits per heavy atom. The van der Waals surface area contributed by atoms with E-state index in [1.807, 2.05) is 29.9 Å². The molecule has 2 aromatic carbocycles. The lowest BCUT2D eigenvalue weighted by Gasteiger charge is -2.11. The van der Waals surface area contributed by atoms with Crippen LogP contribution >= 0.6 is 11.3 Å². The van der Waals surface area contributed by atoms with Gasteiger partial charge in [-0.3, -0.25) is 0 Å². The van der Waals surface area contributed by atoms with E-state index in [2.05, 4.69) is 58.8 Å². The van der Waals surface area contributed by atoms with E-state index in [0.29, 0.717) is 24.6 Å². The molecule has 0 saturated heterocycles. The molecule has 0 aliphatic heterocycles.